The van der Waals surface area contributed by atoms with Gasteiger partial charge in [-0.1, -0.05) is 18.2 Å². The molecule has 0 heterocycles. The van der Waals surface area contributed by atoms with Crippen LogP contribution in [0.5, 0.6) is 0 Å². The first-order chi connectivity index (χ1) is 5.74. The van der Waals surface area contributed by atoms with Gasteiger partial charge >= 0.3 is 0 Å². The molecular weight excluding hydrogens is 146 g/mol. The van der Waals surface area contributed by atoms with Crippen LogP contribution in [0, 0.1) is 6.08 Å². The molecule has 0 atom stereocenters. The molecule has 12 heavy (non-hydrogen) atoms. The number of anilines is 1. The molecule has 0 aromatic heterocycles. The molecule has 0 bridgehead atoms. The summed E-state index contributed by atoms with van der Waals surface area (Å²) >= 11 is 0. The third-order valence-corrected chi connectivity index (χ3v) is 1.72. The van der Waals surface area contributed by atoms with E-state index >= 15 is 0 Å². The van der Waals surface area contributed by atoms with E-state index in [0.717, 1.165) is 0 Å². The van der Waals surface area contributed by atoms with Gasteiger partial charge in [0.1, 0.15) is 0 Å². The zero-order chi connectivity index (χ0) is 8.97. The van der Waals surface area contributed by atoms with Crippen LogP contribution in [0.25, 0.3) is 6.08 Å². The summed E-state index contributed by atoms with van der Waals surface area (Å²) in [5.41, 5.74) is 2.42. The maximum atomic E-state index is 2.99. The molecule has 0 fully saturated rings. The first-order valence-electron chi connectivity index (χ1n) is 4.02. The number of hydrogen-bond donors (Lipinski definition) is 0. The highest BCUT2D eigenvalue weighted by molar-refractivity contribution is 5.54. The SMILES string of the molecule is C[C]=Cc1ccc(N(C)C)cc1. The Hall–Kier alpha value is -1.24. The fourth-order valence-corrected chi connectivity index (χ4v) is 1.04. The predicted molar refractivity (Wildman–Crippen MR) is 54.2 cm³/mol. The molecular formula is C11H14N. The molecule has 0 saturated heterocycles. The summed E-state index contributed by atoms with van der Waals surface area (Å²) in [4.78, 5) is 2.09. The first-order valence-corrected chi connectivity index (χ1v) is 4.02. The van der Waals surface area contributed by atoms with Crippen LogP contribution in [0.2, 0.25) is 0 Å². The van der Waals surface area contributed by atoms with Crippen molar-refractivity contribution in [2.75, 3.05) is 19.0 Å². The van der Waals surface area contributed by atoms with Crippen LogP contribution in [-0.2, 0) is 0 Å². The van der Waals surface area contributed by atoms with Crippen molar-refractivity contribution in [1.29, 1.82) is 0 Å². The van der Waals surface area contributed by atoms with Crippen LogP contribution in [0.1, 0.15) is 12.5 Å². The average Bonchev–Trinajstić information content (AvgIpc) is 2.06. The largest absolute Gasteiger partial charge is 0.378 e. The molecule has 0 aliphatic rings. The summed E-state index contributed by atoms with van der Waals surface area (Å²) in [6.07, 6.45) is 4.97. The number of nitrogens with zero attached hydrogens (tertiary/aromatic N) is 1. The van der Waals surface area contributed by atoms with Gasteiger partial charge in [-0.05, 0) is 30.7 Å². The van der Waals surface area contributed by atoms with Gasteiger partial charge in [0.05, 0.1) is 0 Å². The average molecular weight is 160 g/mol. The summed E-state index contributed by atoms with van der Waals surface area (Å²) < 4.78 is 0. The Morgan fingerprint density at radius 2 is 1.75 bits per heavy atom. The Bertz CT molecular complexity index is 257. The third kappa shape index (κ3) is 2.12. The maximum Gasteiger partial charge on any atom is 0.0361 e. The van der Waals surface area contributed by atoms with Crippen molar-refractivity contribution >= 4 is 11.8 Å². The van der Waals surface area contributed by atoms with Gasteiger partial charge in [-0.2, -0.15) is 0 Å². The molecule has 0 unspecified atom stereocenters. The van der Waals surface area contributed by atoms with Crippen LogP contribution in [0.4, 0.5) is 5.69 Å². The van der Waals surface area contributed by atoms with Crippen LogP contribution in [-0.4, -0.2) is 14.1 Å². The molecule has 1 rings (SSSR count). The Kier molecular flexibility index (Phi) is 2.92. The van der Waals surface area contributed by atoms with Crippen molar-refractivity contribution in [1.82, 2.24) is 0 Å². The molecule has 0 saturated carbocycles. The van der Waals surface area contributed by atoms with E-state index in [1.54, 1.807) is 0 Å². The van der Waals surface area contributed by atoms with E-state index in [2.05, 4.69) is 35.2 Å². The van der Waals surface area contributed by atoms with Crippen LogP contribution < -0.4 is 4.90 Å². The van der Waals surface area contributed by atoms with Crippen molar-refractivity contribution < 1.29 is 0 Å². The van der Waals surface area contributed by atoms with E-state index in [-0.39, 0.29) is 0 Å². The fourth-order valence-electron chi connectivity index (χ4n) is 1.04. The molecule has 1 heteroatoms. The Morgan fingerprint density at radius 3 is 2.17 bits per heavy atom. The highest BCUT2D eigenvalue weighted by Gasteiger charge is 1.92. The molecule has 0 aliphatic carbocycles. The summed E-state index contributed by atoms with van der Waals surface area (Å²) in [6.45, 7) is 1.90. The van der Waals surface area contributed by atoms with Gasteiger partial charge in [0, 0.05) is 19.8 Å². The molecule has 0 aliphatic heterocycles. The first kappa shape index (κ1) is 8.85. The van der Waals surface area contributed by atoms with E-state index in [4.69, 9.17) is 0 Å². The lowest BCUT2D eigenvalue weighted by Crippen LogP contribution is -2.07. The second-order valence-corrected chi connectivity index (χ2v) is 2.92. The minimum absolute atomic E-state index is 1.20. The van der Waals surface area contributed by atoms with E-state index in [1.165, 1.54) is 11.3 Å². The van der Waals surface area contributed by atoms with Crippen LogP contribution in [0.15, 0.2) is 24.3 Å². The molecule has 1 aromatic rings. The van der Waals surface area contributed by atoms with Crippen molar-refractivity contribution in [3.05, 3.63) is 35.9 Å². The topological polar surface area (TPSA) is 3.24 Å². The van der Waals surface area contributed by atoms with Crippen LogP contribution >= 0.6 is 0 Å². The molecule has 0 N–H and O–H groups in total. The zero-order valence-corrected chi connectivity index (χ0v) is 7.83. The summed E-state index contributed by atoms with van der Waals surface area (Å²) in [6, 6.07) is 8.38. The van der Waals surface area contributed by atoms with Gasteiger partial charge in [-0.15, -0.1) is 0 Å². The van der Waals surface area contributed by atoms with E-state index in [0.29, 0.717) is 0 Å². The molecule has 1 aromatic carbocycles. The van der Waals surface area contributed by atoms with Crippen molar-refractivity contribution in [2.45, 2.75) is 6.92 Å². The Labute approximate surface area is 74.3 Å². The molecule has 1 radical (unpaired) electrons. The second kappa shape index (κ2) is 3.96. The van der Waals surface area contributed by atoms with E-state index in [9.17, 15) is 0 Å². The lowest BCUT2D eigenvalue weighted by atomic mass is 10.2. The molecule has 63 valence electrons. The van der Waals surface area contributed by atoms with Gasteiger partial charge in [0.2, 0.25) is 0 Å². The van der Waals surface area contributed by atoms with Gasteiger partial charge in [0.25, 0.3) is 0 Å². The molecule has 1 nitrogen and oxygen atoms in total. The predicted octanol–water partition coefficient (Wildman–Crippen LogP) is 2.59. The monoisotopic (exact) mass is 160 g/mol. The standard InChI is InChI=1S/C11H14N/c1-4-5-10-6-8-11(9-7-10)12(2)3/h5-9H,1-3H3. The quantitative estimate of drug-likeness (QED) is 0.642. The number of hydrogen-bond acceptors (Lipinski definition) is 1. The zero-order valence-electron chi connectivity index (χ0n) is 7.83. The molecule has 0 amide bonds. The fraction of sp³-hybridized carbons (Fsp3) is 0.273. The minimum Gasteiger partial charge on any atom is -0.378 e. The summed E-state index contributed by atoms with van der Waals surface area (Å²) in [7, 11) is 4.08. The number of benzene rings is 1. The van der Waals surface area contributed by atoms with Crippen molar-refractivity contribution in [3.63, 3.8) is 0 Å². The Morgan fingerprint density at radius 1 is 1.17 bits per heavy atom. The number of rotatable bonds is 2. The number of allylic oxidation sites excluding steroid dienone is 1. The smallest absolute Gasteiger partial charge is 0.0361 e. The third-order valence-electron chi connectivity index (χ3n) is 1.72. The lowest BCUT2D eigenvalue weighted by Gasteiger charge is -2.11. The van der Waals surface area contributed by atoms with Crippen molar-refractivity contribution in [2.24, 2.45) is 0 Å². The van der Waals surface area contributed by atoms with Gasteiger partial charge in [-0.3, -0.25) is 0 Å². The van der Waals surface area contributed by atoms with Crippen molar-refractivity contribution in [3.8, 4) is 0 Å². The Balaban J connectivity index is 2.85. The van der Waals surface area contributed by atoms with Gasteiger partial charge in [0.15, 0.2) is 0 Å². The minimum atomic E-state index is 1.20. The highest BCUT2D eigenvalue weighted by Crippen LogP contribution is 2.12. The highest BCUT2D eigenvalue weighted by atomic mass is 15.1. The normalized spacial score (nSPS) is 10.6. The second-order valence-electron chi connectivity index (χ2n) is 2.92. The van der Waals surface area contributed by atoms with E-state index < -0.39 is 0 Å². The lowest BCUT2D eigenvalue weighted by molar-refractivity contribution is 1.13. The van der Waals surface area contributed by atoms with Crippen LogP contribution in [0.3, 0.4) is 0 Å². The van der Waals surface area contributed by atoms with E-state index in [1.807, 2.05) is 27.1 Å². The maximum absolute atomic E-state index is 2.99. The molecule has 0 spiro atoms. The summed E-state index contributed by atoms with van der Waals surface area (Å²) in [5, 5.41) is 0. The van der Waals surface area contributed by atoms with Gasteiger partial charge in [-0.25, -0.2) is 0 Å². The van der Waals surface area contributed by atoms with Gasteiger partial charge < -0.3 is 4.90 Å². The summed E-state index contributed by atoms with van der Waals surface area (Å²) in [5.74, 6) is 0.